The quantitative estimate of drug-likeness (QED) is 0.639. The van der Waals surface area contributed by atoms with Gasteiger partial charge in [-0.2, -0.15) is 0 Å². The van der Waals surface area contributed by atoms with Crippen LogP contribution in [0.5, 0.6) is 11.5 Å². The zero-order valence-corrected chi connectivity index (χ0v) is 16.7. The zero-order chi connectivity index (χ0) is 21.1. The molecular weight excluding hydrogens is 382 g/mol. The number of rotatable bonds is 6. The van der Waals surface area contributed by atoms with E-state index in [0.717, 1.165) is 0 Å². The molecule has 3 aromatic rings. The Morgan fingerprint density at radius 1 is 0.967 bits per heavy atom. The number of nitrogens with zero attached hydrogens (tertiary/aromatic N) is 2. The van der Waals surface area contributed by atoms with Crippen molar-refractivity contribution < 1.29 is 19.1 Å². The SMILES string of the molecule is COc1ccccc1NC(=O)C1(c2ccccn2)CC(=O)N1c1ccccc1OC. The molecule has 0 bridgehead atoms. The van der Waals surface area contributed by atoms with E-state index in [4.69, 9.17) is 9.47 Å². The first-order valence-corrected chi connectivity index (χ1v) is 9.44. The predicted molar refractivity (Wildman–Crippen MR) is 113 cm³/mol. The van der Waals surface area contributed by atoms with Gasteiger partial charge < -0.3 is 14.8 Å². The average molecular weight is 403 g/mol. The number of benzene rings is 2. The van der Waals surface area contributed by atoms with Crippen LogP contribution in [0.3, 0.4) is 0 Å². The molecule has 1 saturated heterocycles. The monoisotopic (exact) mass is 403 g/mol. The van der Waals surface area contributed by atoms with E-state index in [9.17, 15) is 9.59 Å². The van der Waals surface area contributed by atoms with Crippen LogP contribution in [0.1, 0.15) is 12.1 Å². The lowest BCUT2D eigenvalue weighted by Gasteiger charge is -2.50. The van der Waals surface area contributed by atoms with E-state index in [2.05, 4.69) is 10.3 Å². The number of β-lactam (4-membered cyclic amide) rings is 1. The maximum absolute atomic E-state index is 13.7. The van der Waals surface area contributed by atoms with Gasteiger partial charge in [0.2, 0.25) is 5.91 Å². The molecule has 1 fully saturated rings. The van der Waals surface area contributed by atoms with Crippen LogP contribution in [0.4, 0.5) is 11.4 Å². The summed E-state index contributed by atoms with van der Waals surface area (Å²) >= 11 is 0. The smallest absolute Gasteiger partial charge is 0.257 e. The van der Waals surface area contributed by atoms with E-state index < -0.39 is 5.54 Å². The third kappa shape index (κ3) is 3.04. The van der Waals surface area contributed by atoms with Crippen molar-refractivity contribution in [1.29, 1.82) is 0 Å². The van der Waals surface area contributed by atoms with Crippen molar-refractivity contribution in [3.05, 3.63) is 78.6 Å². The van der Waals surface area contributed by atoms with Crippen LogP contribution in [0.25, 0.3) is 0 Å². The molecule has 4 rings (SSSR count). The lowest BCUT2D eigenvalue weighted by atomic mass is 9.78. The van der Waals surface area contributed by atoms with Gasteiger partial charge in [0.25, 0.3) is 5.91 Å². The first kappa shape index (κ1) is 19.4. The van der Waals surface area contributed by atoms with Crippen molar-refractivity contribution in [2.45, 2.75) is 12.0 Å². The molecule has 0 spiro atoms. The van der Waals surface area contributed by atoms with Crippen LogP contribution in [-0.4, -0.2) is 31.0 Å². The topological polar surface area (TPSA) is 80.8 Å². The van der Waals surface area contributed by atoms with E-state index in [0.29, 0.717) is 28.6 Å². The standard InChI is InChI=1S/C23H21N3O4/c1-29-18-11-5-3-9-16(18)25-22(28)23(20-13-7-8-14-24-20)15-21(27)26(23)17-10-4-6-12-19(17)30-2/h3-14H,15H2,1-2H3,(H,25,28). The third-order valence-corrected chi connectivity index (χ3v) is 5.18. The number of ether oxygens (including phenoxy) is 2. The summed E-state index contributed by atoms with van der Waals surface area (Å²) in [5.74, 6) is 0.448. The number of hydrogen-bond acceptors (Lipinski definition) is 5. The van der Waals surface area contributed by atoms with Crippen molar-refractivity contribution in [2.75, 3.05) is 24.4 Å². The van der Waals surface area contributed by atoms with Gasteiger partial charge in [0.05, 0.1) is 37.7 Å². The minimum atomic E-state index is -1.31. The van der Waals surface area contributed by atoms with Gasteiger partial charge in [0, 0.05) is 6.20 Å². The first-order chi connectivity index (χ1) is 14.6. The van der Waals surface area contributed by atoms with Crippen LogP contribution >= 0.6 is 0 Å². The van der Waals surface area contributed by atoms with Gasteiger partial charge >= 0.3 is 0 Å². The fourth-order valence-corrected chi connectivity index (χ4v) is 3.74. The van der Waals surface area contributed by atoms with Gasteiger partial charge in [-0.15, -0.1) is 0 Å². The molecule has 2 amide bonds. The molecule has 7 nitrogen and oxygen atoms in total. The number of methoxy groups -OCH3 is 2. The summed E-state index contributed by atoms with van der Waals surface area (Å²) in [5.41, 5.74) is 0.188. The molecule has 30 heavy (non-hydrogen) atoms. The predicted octanol–water partition coefficient (Wildman–Crippen LogP) is 3.37. The molecule has 1 aromatic heterocycles. The van der Waals surface area contributed by atoms with Crippen LogP contribution in [0, 0.1) is 0 Å². The Labute approximate surface area is 174 Å². The zero-order valence-electron chi connectivity index (χ0n) is 16.7. The number of carbonyl (C=O) groups excluding carboxylic acids is 2. The fourth-order valence-electron chi connectivity index (χ4n) is 3.74. The molecule has 1 atom stereocenters. The Morgan fingerprint density at radius 3 is 2.30 bits per heavy atom. The molecule has 7 heteroatoms. The number of anilines is 2. The van der Waals surface area contributed by atoms with Gasteiger partial charge in [-0.25, -0.2) is 0 Å². The molecule has 1 aliphatic heterocycles. The van der Waals surface area contributed by atoms with Gasteiger partial charge in [-0.3, -0.25) is 19.5 Å². The van der Waals surface area contributed by atoms with E-state index in [-0.39, 0.29) is 18.2 Å². The summed E-state index contributed by atoms with van der Waals surface area (Å²) in [6, 6.07) is 19.5. The van der Waals surface area contributed by atoms with Gasteiger partial charge in [-0.1, -0.05) is 30.3 Å². The van der Waals surface area contributed by atoms with Crippen molar-refractivity contribution in [1.82, 2.24) is 4.98 Å². The van der Waals surface area contributed by atoms with Gasteiger partial charge in [-0.05, 0) is 36.4 Å². The second kappa shape index (κ2) is 7.87. The Kier molecular flexibility index (Phi) is 5.10. The number of aromatic nitrogens is 1. The molecule has 1 N–H and O–H groups in total. The molecular formula is C23H21N3O4. The summed E-state index contributed by atoms with van der Waals surface area (Å²) in [6.45, 7) is 0. The van der Waals surface area contributed by atoms with E-state index >= 15 is 0 Å². The Balaban J connectivity index is 1.82. The lowest BCUT2D eigenvalue weighted by Crippen LogP contribution is -2.67. The van der Waals surface area contributed by atoms with Crippen LogP contribution in [0.15, 0.2) is 72.9 Å². The highest BCUT2D eigenvalue weighted by atomic mass is 16.5. The van der Waals surface area contributed by atoms with E-state index in [1.807, 2.05) is 12.1 Å². The van der Waals surface area contributed by atoms with Crippen molar-refractivity contribution >= 4 is 23.2 Å². The number of para-hydroxylation sites is 4. The minimum Gasteiger partial charge on any atom is -0.495 e. The van der Waals surface area contributed by atoms with Crippen molar-refractivity contribution in [2.24, 2.45) is 0 Å². The molecule has 2 heterocycles. The van der Waals surface area contributed by atoms with Crippen LogP contribution in [0.2, 0.25) is 0 Å². The Morgan fingerprint density at radius 2 is 1.63 bits per heavy atom. The van der Waals surface area contributed by atoms with Crippen LogP contribution < -0.4 is 19.7 Å². The summed E-state index contributed by atoms with van der Waals surface area (Å²) in [6.07, 6.45) is 1.60. The summed E-state index contributed by atoms with van der Waals surface area (Å²) in [5, 5.41) is 2.92. The van der Waals surface area contributed by atoms with Crippen LogP contribution in [-0.2, 0) is 15.1 Å². The van der Waals surface area contributed by atoms with Crippen molar-refractivity contribution in [3.8, 4) is 11.5 Å². The van der Waals surface area contributed by atoms with Gasteiger partial charge in [0.15, 0.2) is 5.54 Å². The van der Waals surface area contributed by atoms with E-state index in [1.54, 1.807) is 60.8 Å². The molecule has 0 saturated carbocycles. The second-order valence-corrected chi connectivity index (χ2v) is 6.81. The molecule has 1 unspecified atom stereocenters. The molecule has 0 aliphatic carbocycles. The molecule has 152 valence electrons. The molecule has 1 aliphatic rings. The largest absolute Gasteiger partial charge is 0.495 e. The minimum absolute atomic E-state index is 0.0109. The second-order valence-electron chi connectivity index (χ2n) is 6.81. The number of amides is 2. The molecule has 0 radical (unpaired) electrons. The number of pyridine rings is 1. The lowest BCUT2D eigenvalue weighted by molar-refractivity contribution is -0.137. The molecule has 2 aromatic carbocycles. The normalized spacial score (nSPS) is 17.8. The summed E-state index contributed by atoms with van der Waals surface area (Å²) < 4.78 is 10.8. The first-order valence-electron chi connectivity index (χ1n) is 9.44. The summed E-state index contributed by atoms with van der Waals surface area (Å²) in [7, 11) is 3.06. The maximum atomic E-state index is 13.7. The Hall–Kier alpha value is -3.87. The van der Waals surface area contributed by atoms with Crippen molar-refractivity contribution in [3.63, 3.8) is 0 Å². The highest BCUT2D eigenvalue weighted by Crippen LogP contribution is 2.48. The van der Waals surface area contributed by atoms with Gasteiger partial charge in [0.1, 0.15) is 11.5 Å². The fraction of sp³-hybridized carbons (Fsp3) is 0.174. The van der Waals surface area contributed by atoms with E-state index in [1.165, 1.54) is 19.1 Å². The number of nitrogens with one attached hydrogen (secondary N) is 1. The highest BCUT2D eigenvalue weighted by molar-refractivity contribution is 6.17. The highest BCUT2D eigenvalue weighted by Gasteiger charge is 2.60. The number of hydrogen-bond donors (Lipinski definition) is 1. The third-order valence-electron chi connectivity index (χ3n) is 5.18. The average Bonchev–Trinajstić information content (AvgIpc) is 2.78. The maximum Gasteiger partial charge on any atom is 0.257 e. The number of carbonyl (C=O) groups is 2. The summed E-state index contributed by atoms with van der Waals surface area (Å²) in [4.78, 5) is 32.4. The Bertz CT molecular complexity index is 1090.